The summed E-state index contributed by atoms with van der Waals surface area (Å²) in [6.45, 7) is 0. The van der Waals surface area contributed by atoms with E-state index in [4.69, 9.17) is 4.74 Å². The first-order valence-electron chi connectivity index (χ1n) is 5.50. The maximum Gasteiger partial charge on any atom is 0.183 e. The van der Waals surface area contributed by atoms with Gasteiger partial charge in [-0.1, -0.05) is 12.1 Å². The Labute approximate surface area is 103 Å². The molecular formula is C13H11N3O2. The fraction of sp³-hybridized carbons (Fsp3) is 0.0769. The quantitative estimate of drug-likeness (QED) is 0.742. The van der Waals surface area contributed by atoms with Crippen molar-refractivity contribution in [1.82, 2.24) is 14.6 Å². The van der Waals surface area contributed by atoms with Gasteiger partial charge in [0.2, 0.25) is 0 Å². The molecule has 0 radical (unpaired) electrons. The van der Waals surface area contributed by atoms with Crippen LogP contribution in [0, 0.1) is 0 Å². The van der Waals surface area contributed by atoms with Crippen molar-refractivity contribution in [3.63, 3.8) is 0 Å². The van der Waals surface area contributed by atoms with Crippen molar-refractivity contribution in [3.05, 3.63) is 52.8 Å². The Hall–Kier alpha value is -2.56. The normalized spacial score (nSPS) is 10.7. The lowest BCUT2D eigenvalue weighted by Gasteiger charge is -2.06. The van der Waals surface area contributed by atoms with E-state index in [9.17, 15) is 4.79 Å². The second-order valence-corrected chi connectivity index (χ2v) is 3.87. The molecule has 0 amide bonds. The van der Waals surface area contributed by atoms with E-state index in [1.807, 2.05) is 28.7 Å². The Kier molecular flexibility index (Phi) is 2.37. The predicted octanol–water partition coefficient (Wildman–Crippen LogP) is 1.70. The zero-order chi connectivity index (χ0) is 12.5. The second-order valence-electron chi connectivity index (χ2n) is 3.87. The highest BCUT2D eigenvalue weighted by Crippen LogP contribution is 2.27. The van der Waals surface area contributed by atoms with Crippen LogP contribution in [0.5, 0.6) is 5.75 Å². The maximum absolute atomic E-state index is 11.3. The molecule has 1 N–H and O–H groups in total. The van der Waals surface area contributed by atoms with Crippen LogP contribution in [0.3, 0.4) is 0 Å². The van der Waals surface area contributed by atoms with Crippen LogP contribution in [0.2, 0.25) is 0 Å². The van der Waals surface area contributed by atoms with Crippen LogP contribution in [0.25, 0.3) is 17.0 Å². The van der Waals surface area contributed by atoms with Crippen molar-refractivity contribution in [2.45, 2.75) is 0 Å². The number of nitrogens with one attached hydrogen (secondary N) is 1. The summed E-state index contributed by atoms with van der Waals surface area (Å²) >= 11 is 0. The monoisotopic (exact) mass is 241 g/mol. The van der Waals surface area contributed by atoms with Gasteiger partial charge in [-0.05, 0) is 12.1 Å². The van der Waals surface area contributed by atoms with Gasteiger partial charge in [-0.3, -0.25) is 14.3 Å². The van der Waals surface area contributed by atoms with Crippen LogP contribution in [-0.4, -0.2) is 21.7 Å². The molecule has 2 heterocycles. The van der Waals surface area contributed by atoms with Gasteiger partial charge >= 0.3 is 0 Å². The van der Waals surface area contributed by atoms with Crippen molar-refractivity contribution in [3.8, 4) is 17.1 Å². The number of H-pyrrole nitrogens is 1. The first-order valence-corrected chi connectivity index (χ1v) is 5.50. The van der Waals surface area contributed by atoms with Crippen molar-refractivity contribution in [2.24, 2.45) is 0 Å². The smallest absolute Gasteiger partial charge is 0.183 e. The number of hydrogen-bond donors (Lipinski definition) is 1. The van der Waals surface area contributed by atoms with E-state index in [2.05, 4.69) is 10.2 Å². The Morgan fingerprint density at radius 2 is 2.11 bits per heavy atom. The van der Waals surface area contributed by atoms with Crippen molar-refractivity contribution >= 4 is 5.65 Å². The first kappa shape index (κ1) is 10.6. The summed E-state index contributed by atoms with van der Waals surface area (Å²) in [6.07, 6.45) is 1.70. The van der Waals surface area contributed by atoms with Crippen LogP contribution >= 0.6 is 0 Å². The van der Waals surface area contributed by atoms with Crippen LogP contribution in [0.15, 0.2) is 47.4 Å². The highest BCUT2D eigenvalue weighted by molar-refractivity contribution is 5.66. The van der Waals surface area contributed by atoms with Gasteiger partial charge in [0, 0.05) is 18.3 Å². The molecule has 0 saturated carbocycles. The fourth-order valence-electron chi connectivity index (χ4n) is 1.93. The van der Waals surface area contributed by atoms with Crippen molar-refractivity contribution in [2.75, 3.05) is 7.11 Å². The zero-order valence-electron chi connectivity index (χ0n) is 9.75. The highest BCUT2D eigenvalue weighted by Gasteiger charge is 2.11. The van der Waals surface area contributed by atoms with Crippen molar-refractivity contribution < 1.29 is 4.74 Å². The number of benzene rings is 1. The number of fused-ring (bicyclic) bond motifs is 1. The molecule has 3 aromatic rings. The number of aromatic nitrogens is 3. The third kappa shape index (κ3) is 1.57. The second kappa shape index (κ2) is 4.03. The lowest BCUT2D eigenvalue weighted by Crippen LogP contribution is -1.99. The summed E-state index contributed by atoms with van der Waals surface area (Å²) in [5.74, 6) is 1.45. The molecule has 5 heteroatoms. The number of rotatable bonds is 2. The Morgan fingerprint density at radius 1 is 1.28 bits per heavy atom. The van der Waals surface area contributed by atoms with Gasteiger partial charge in [-0.15, -0.1) is 0 Å². The Morgan fingerprint density at radius 3 is 2.94 bits per heavy atom. The lowest BCUT2D eigenvalue weighted by atomic mass is 10.2. The van der Waals surface area contributed by atoms with Crippen LogP contribution in [0.1, 0.15) is 0 Å². The molecule has 0 aliphatic rings. The molecule has 90 valence electrons. The minimum Gasteiger partial charge on any atom is -0.496 e. The largest absolute Gasteiger partial charge is 0.496 e. The van der Waals surface area contributed by atoms with Gasteiger partial charge in [0.05, 0.1) is 12.7 Å². The predicted molar refractivity (Wildman–Crippen MR) is 67.8 cm³/mol. The lowest BCUT2D eigenvalue weighted by molar-refractivity contribution is 0.416. The average Bonchev–Trinajstić information content (AvgIpc) is 2.81. The molecule has 5 nitrogen and oxygen atoms in total. The standard InChI is InChI=1S/C13H11N3O2/c1-18-11-5-3-2-4-10(11)13-15-14-12-8-9(17)6-7-16(12)13/h2-8,14H,1H3. The fourth-order valence-corrected chi connectivity index (χ4v) is 1.93. The number of pyridine rings is 1. The molecular weight excluding hydrogens is 230 g/mol. The van der Waals surface area contributed by atoms with E-state index >= 15 is 0 Å². The molecule has 3 rings (SSSR count). The minimum absolute atomic E-state index is 0.0507. The van der Waals surface area contributed by atoms with Crippen LogP contribution in [-0.2, 0) is 0 Å². The van der Waals surface area contributed by atoms with E-state index in [-0.39, 0.29) is 5.43 Å². The van der Waals surface area contributed by atoms with E-state index in [1.165, 1.54) is 12.1 Å². The molecule has 0 fully saturated rings. The molecule has 18 heavy (non-hydrogen) atoms. The maximum atomic E-state index is 11.3. The number of para-hydroxylation sites is 1. The van der Waals surface area contributed by atoms with E-state index in [1.54, 1.807) is 13.3 Å². The van der Waals surface area contributed by atoms with Gasteiger partial charge in [-0.2, -0.15) is 5.10 Å². The summed E-state index contributed by atoms with van der Waals surface area (Å²) in [7, 11) is 1.62. The van der Waals surface area contributed by atoms with Gasteiger partial charge in [0.1, 0.15) is 11.4 Å². The summed E-state index contributed by atoms with van der Waals surface area (Å²) in [6, 6.07) is 10.6. The number of hydrogen-bond acceptors (Lipinski definition) is 3. The number of aromatic amines is 1. The third-order valence-electron chi connectivity index (χ3n) is 2.78. The molecule has 0 unspecified atom stereocenters. The Bertz CT molecular complexity index is 758. The molecule has 0 aliphatic heterocycles. The molecule has 1 aromatic carbocycles. The van der Waals surface area contributed by atoms with Gasteiger partial charge in [0.15, 0.2) is 11.3 Å². The van der Waals surface area contributed by atoms with Gasteiger partial charge < -0.3 is 4.74 Å². The van der Waals surface area contributed by atoms with Crippen molar-refractivity contribution in [1.29, 1.82) is 0 Å². The Balaban J connectivity index is 2.29. The van der Waals surface area contributed by atoms with Crippen LogP contribution < -0.4 is 10.2 Å². The third-order valence-corrected chi connectivity index (χ3v) is 2.78. The summed E-state index contributed by atoms with van der Waals surface area (Å²) in [4.78, 5) is 11.3. The summed E-state index contributed by atoms with van der Waals surface area (Å²) < 4.78 is 7.13. The van der Waals surface area contributed by atoms with E-state index in [0.717, 1.165) is 11.3 Å². The molecule has 0 atom stereocenters. The van der Waals surface area contributed by atoms with E-state index < -0.39 is 0 Å². The number of nitrogens with zero attached hydrogens (tertiary/aromatic N) is 2. The topological polar surface area (TPSA) is 59.4 Å². The summed E-state index contributed by atoms with van der Waals surface area (Å²) in [5, 5.41) is 7.07. The molecule has 2 aromatic heterocycles. The molecule has 0 bridgehead atoms. The summed E-state index contributed by atoms with van der Waals surface area (Å²) in [5.41, 5.74) is 1.48. The first-order chi connectivity index (χ1) is 8.79. The highest BCUT2D eigenvalue weighted by atomic mass is 16.5. The zero-order valence-corrected chi connectivity index (χ0v) is 9.75. The SMILES string of the molecule is COc1ccccc1-c1n[nH]c2cc(=O)ccn12. The number of ether oxygens (including phenoxy) is 1. The van der Waals surface area contributed by atoms with Gasteiger partial charge in [-0.25, -0.2) is 0 Å². The average molecular weight is 241 g/mol. The van der Waals surface area contributed by atoms with Gasteiger partial charge in [0.25, 0.3) is 0 Å². The molecule has 0 aliphatic carbocycles. The molecule has 0 saturated heterocycles. The molecule has 0 spiro atoms. The number of methoxy groups -OCH3 is 1. The minimum atomic E-state index is -0.0507. The van der Waals surface area contributed by atoms with E-state index in [0.29, 0.717) is 11.5 Å². The van der Waals surface area contributed by atoms with Crippen LogP contribution in [0.4, 0.5) is 0 Å².